The van der Waals surface area contributed by atoms with Crippen LogP contribution in [0.15, 0.2) is 28.7 Å². The van der Waals surface area contributed by atoms with Crippen LogP contribution < -0.4 is 5.32 Å². The average molecular weight is 352 g/mol. The maximum absolute atomic E-state index is 11.9. The summed E-state index contributed by atoms with van der Waals surface area (Å²) in [5.41, 5.74) is 0.630. The van der Waals surface area contributed by atoms with Crippen LogP contribution in [0.2, 0.25) is 0 Å². The monoisotopic (exact) mass is 351 g/mol. The molecule has 0 radical (unpaired) electrons. The van der Waals surface area contributed by atoms with Gasteiger partial charge in [0, 0.05) is 15.6 Å². The number of rotatable bonds is 5. The molecule has 1 aromatic heterocycles. The van der Waals surface area contributed by atoms with Crippen LogP contribution in [0.5, 0.6) is 0 Å². The second-order valence-corrected chi connectivity index (χ2v) is 6.35. The van der Waals surface area contributed by atoms with Crippen molar-refractivity contribution >= 4 is 21.8 Å². The summed E-state index contributed by atoms with van der Waals surface area (Å²) in [7, 11) is 0. The van der Waals surface area contributed by atoms with Crippen LogP contribution in [-0.2, 0) is 11.3 Å². The lowest BCUT2D eigenvalue weighted by atomic mass is 10.0. The molecule has 21 heavy (non-hydrogen) atoms. The van der Waals surface area contributed by atoms with Crippen LogP contribution in [0.25, 0.3) is 11.4 Å². The Labute approximate surface area is 132 Å². The van der Waals surface area contributed by atoms with Crippen molar-refractivity contribution in [1.29, 1.82) is 0 Å². The van der Waals surface area contributed by atoms with Gasteiger partial charge in [-0.15, -0.1) is 10.2 Å². The Morgan fingerprint density at radius 2 is 2.00 bits per heavy atom. The lowest BCUT2D eigenvalue weighted by Gasteiger charge is -2.24. The number of carbonyl (C=O) groups is 1. The Hall–Kier alpha value is -1.76. The predicted molar refractivity (Wildman–Crippen MR) is 83.5 cm³/mol. The van der Waals surface area contributed by atoms with Gasteiger partial charge in [-0.1, -0.05) is 22.9 Å². The molecule has 0 aliphatic carbocycles. The molecule has 0 unspecified atom stereocenters. The number of aromatic nitrogens is 4. The number of hydrogen-bond donors (Lipinski definition) is 1. The van der Waals surface area contributed by atoms with E-state index >= 15 is 0 Å². The van der Waals surface area contributed by atoms with E-state index < -0.39 is 0 Å². The molecular weight excluding hydrogens is 334 g/mol. The van der Waals surface area contributed by atoms with Gasteiger partial charge in [0.25, 0.3) is 0 Å². The maximum atomic E-state index is 11.9. The lowest BCUT2D eigenvalue weighted by molar-refractivity contribution is -0.123. The molecule has 1 N–H and O–H groups in total. The summed E-state index contributed by atoms with van der Waals surface area (Å²) >= 11 is 3.38. The maximum Gasteiger partial charge on any atom is 0.244 e. The first-order valence-electron chi connectivity index (χ1n) is 6.74. The van der Waals surface area contributed by atoms with E-state index in [1.807, 2.05) is 45.0 Å². The molecule has 1 heterocycles. The van der Waals surface area contributed by atoms with Crippen molar-refractivity contribution in [2.45, 2.75) is 39.3 Å². The summed E-state index contributed by atoms with van der Waals surface area (Å²) < 4.78 is 0.986. The fourth-order valence-corrected chi connectivity index (χ4v) is 1.92. The highest BCUT2D eigenvalue weighted by Crippen LogP contribution is 2.17. The van der Waals surface area contributed by atoms with Gasteiger partial charge in [0.2, 0.25) is 11.7 Å². The third kappa shape index (κ3) is 4.35. The third-order valence-corrected chi connectivity index (χ3v) is 3.73. The number of hydrogen-bond acceptors (Lipinski definition) is 4. The molecular formula is C14H18BrN5O. The molecule has 6 nitrogen and oxygen atoms in total. The Morgan fingerprint density at radius 3 is 2.62 bits per heavy atom. The minimum atomic E-state index is -0.230. The standard InChI is InChI=1S/C14H18BrN5O/c1-4-14(2,3)16-12(21)9-20-18-13(17-19-20)10-5-7-11(15)8-6-10/h5-8H,4,9H2,1-3H3,(H,16,21). The number of benzene rings is 1. The molecule has 7 heteroatoms. The smallest absolute Gasteiger partial charge is 0.244 e. The molecule has 1 amide bonds. The minimum Gasteiger partial charge on any atom is -0.350 e. The molecule has 112 valence electrons. The van der Waals surface area contributed by atoms with Gasteiger partial charge in [-0.2, -0.15) is 4.80 Å². The average Bonchev–Trinajstić information content (AvgIpc) is 2.87. The van der Waals surface area contributed by atoms with E-state index in [0.717, 1.165) is 16.5 Å². The summed E-state index contributed by atoms with van der Waals surface area (Å²) in [4.78, 5) is 13.2. The second-order valence-electron chi connectivity index (χ2n) is 5.44. The quantitative estimate of drug-likeness (QED) is 0.897. The summed E-state index contributed by atoms with van der Waals surface area (Å²) in [6, 6.07) is 7.61. The SMILES string of the molecule is CCC(C)(C)NC(=O)Cn1nnc(-c2ccc(Br)cc2)n1. The predicted octanol–water partition coefficient (Wildman–Crippen LogP) is 2.41. The van der Waals surface area contributed by atoms with Crippen molar-refractivity contribution in [3.63, 3.8) is 0 Å². The van der Waals surface area contributed by atoms with Crippen molar-refractivity contribution in [2.24, 2.45) is 0 Å². The van der Waals surface area contributed by atoms with E-state index in [2.05, 4.69) is 36.7 Å². The number of carbonyl (C=O) groups excluding carboxylic acids is 1. The molecule has 0 spiro atoms. The zero-order valence-corrected chi connectivity index (χ0v) is 13.9. The van der Waals surface area contributed by atoms with Crippen LogP contribution in [0, 0.1) is 0 Å². The minimum absolute atomic E-state index is 0.0625. The number of tetrazole rings is 1. The number of nitrogens with zero attached hydrogens (tertiary/aromatic N) is 4. The lowest BCUT2D eigenvalue weighted by Crippen LogP contribution is -2.44. The molecule has 0 saturated heterocycles. The van der Waals surface area contributed by atoms with Crippen molar-refractivity contribution in [2.75, 3.05) is 0 Å². The number of nitrogens with one attached hydrogen (secondary N) is 1. The number of halogens is 1. The molecule has 0 aliphatic rings. The summed E-state index contributed by atoms with van der Waals surface area (Å²) in [6.45, 7) is 6.05. The third-order valence-electron chi connectivity index (χ3n) is 3.20. The van der Waals surface area contributed by atoms with Gasteiger partial charge >= 0.3 is 0 Å². The molecule has 0 atom stereocenters. The Morgan fingerprint density at radius 1 is 1.33 bits per heavy atom. The Kier molecular flexibility index (Phi) is 4.72. The molecule has 0 aliphatic heterocycles. The molecule has 0 bridgehead atoms. The van der Waals surface area contributed by atoms with Crippen molar-refractivity contribution in [3.8, 4) is 11.4 Å². The Balaban J connectivity index is 2.03. The topological polar surface area (TPSA) is 72.7 Å². The van der Waals surface area contributed by atoms with Crippen LogP contribution in [-0.4, -0.2) is 31.7 Å². The van der Waals surface area contributed by atoms with Gasteiger partial charge in [-0.3, -0.25) is 4.79 Å². The first-order valence-corrected chi connectivity index (χ1v) is 7.54. The van der Waals surface area contributed by atoms with Gasteiger partial charge < -0.3 is 5.32 Å². The van der Waals surface area contributed by atoms with Gasteiger partial charge in [0.15, 0.2) is 0 Å². The summed E-state index contributed by atoms with van der Waals surface area (Å²) in [5.74, 6) is 0.381. The van der Waals surface area contributed by atoms with E-state index in [1.54, 1.807) is 0 Å². The summed E-state index contributed by atoms with van der Waals surface area (Å²) in [5, 5.41) is 15.0. The zero-order valence-electron chi connectivity index (χ0n) is 12.3. The van der Waals surface area contributed by atoms with Crippen molar-refractivity contribution in [3.05, 3.63) is 28.7 Å². The normalized spacial score (nSPS) is 11.4. The van der Waals surface area contributed by atoms with Crippen molar-refractivity contribution in [1.82, 2.24) is 25.5 Å². The number of amides is 1. The van der Waals surface area contributed by atoms with E-state index in [1.165, 1.54) is 4.80 Å². The zero-order chi connectivity index (χ0) is 15.5. The first kappa shape index (κ1) is 15.6. The molecule has 0 saturated carbocycles. The van der Waals surface area contributed by atoms with Gasteiger partial charge in [-0.25, -0.2) is 0 Å². The van der Waals surface area contributed by atoms with Crippen molar-refractivity contribution < 1.29 is 4.79 Å². The van der Waals surface area contributed by atoms with Crippen LogP contribution in [0.1, 0.15) is 27.2 Å². The molecule has 2 rings (SSSR count). The highest BCUT2D eigenvalue weighted by Gasteiger charge is 2.18. The largest absolute Gasteiger partial charge is 0.350 e. The van der Waals surface area contributed by atoms with Gasteiger partial charge in [0.1, 0.15) is 6.54 Å². The highest BCUT2D eigenvalue weighted by atomic mass is 79.9. The highest BCUT2D eigenvalue weighted by molar-refractivity contribution is 9.10. The van der Waals surface area contributed by atoms with E-state index in [9.17, 15) is 4.79 Å². The first-order chi connectivity index (χ1) is 9.89. The fourth-order valence-electron chi connectivity index (χ4n) is 1.66. The molecule has 2 aromatic rings. The fraction of sp³-hybridized carbons (Fsp3) is 0.429. The van der Waals surface area contributed by atoms with E-state index in [4.69, 9.17) is 0 Å². The van der Waals surface area contributed by atoms with E-state index in [0.29, 0.717) is 5.82 Å². The van der Waals surface area contributed by atoms with E-state index in [-0.39, 0.29) is 18.0 Å². The van der Waals surface area contributed by atoms with Crippen LogP contribution in [0.4, 0.5) is 0 Å². The van der Waals surface area contributed by atoms with Crippen LogP contribution in [0.3, 0.4) is 0 Å². The molecule has 1 aromatic carbocycles. The second kappa shape index (κ2) is 6.34. The Bertz CT molecular complexity index is 621. The molecule has 0 fully saturated rings. The van der Waals surface area contributed by atoms with Gasteiger partial charge in [-0.05, 0) is 49.7 Å². The van der Waals surface area contributed by atoms with Crippen LogP contribution >= 0.6 is 15.9 Å². The van der Waals surface area contributed by atoms with Gasteiger partial charge in [0.05, 0.1) is 0 Å². The summed E-state index contributed by atoms with van der Waals surface area (Å²) in [6.07, 6.45) is 0.855.